The predicted molar refractivity (Wildman–Crippen MR) is 108 cm³/mol. The molecule has 0 spiro atoms. The van der Waals surface area contributed by atoms with E-state index in [4.69, 9.17) is 9.57 Å². The van der Waals surface area contributed by atoms with Gasteiger partial charge in [-0.05, 0) is 30.7 Å². The molecule has 0 bridgehead atoms. The zero-order valence-electron chi connectivity index (χ0n) is 14.8. The first-order valence-corrected chi connectivity index (χ1v) is 8.83. The summed E-state index contributed by atoms with van der Waals surface area (Å²) in [5, 5.41) is 4.18. The van der Waals surface area contributed by atoms with E-state index in [-0.39, 0.29) is 6.61 Å². The van der Waals surface area contributed by atoms with Crippen LogP contribution in [-0.2, 0) is 16.2 Å². The van der Waals surface area contributed by atoms with Crippen LogP contribution in [0.15, 0.2) is 70.8 Å². The van der Waals surface area contributed by atoms with Gasteiger partial charge in [-0.1, -0.05) is 57.5 Å². The maximum atomic E-state index is 12.0. The lowest BCUT2D eigenvalue weighted by Crippen LogP contribution is -2.31. The van der Waals surface area contributed by atoms with E-state index in [1.54, 1.807) is 6.08 Å². The minimum atomic E-state index is -0.452. The Kier molecular flexibility index (Phi) is 7.41. The number of hydrogen-bond acceptors (Lipinski definition) is 4. The number of carbonyl (C=O) groups is 1. The number of nitrogens with zero attached hydrogens (tertiary/aromatic N) is 2. The van der Waals surface area contributed by atoms with Gasteiger partial charge in [-0.25, -0.2) is 4.79 Å². The third-order valence-corrected chi connectivity index (χ3v) is 4.20. The summed E-state index contributed by atoms with van der Waals surface area (Å²) in [6.07, 6.45) is 1.19. The fourth-order valence-corrected chi connectivity index (χ4v) is 2.61. The molecule has 0 saturated carbocycles. The highest BCUT2D eigenvalue weighted by molar-refractivity contribution is 9.10. The number of anilines is 1. The summed E-state index contributed by atoms with van der Waals surface area (Å²) in [7, 11) is 1.35. The minimum absolute atomic E-state index is 0.231. The van der Waals surface area contributed by atoms with Crippen LogP contribution in [0.3, 0.4) is 0 Å². The van der Waals surface area contributed by atoms with Crippen molar-refractivity contribution in [1.29, 1.82) is 0 Å². The van der Waals surface area contributed by atoms with Gasteiger partial charge < -0.3 is 9.57 Å². The molecule has 1 amide bonds. The van der Waals surface area contributed by atoms with Crippen molar-refractivity contribution in [2.75, 3.05) is 18.6 Å². The standard InChI is InChI=1S/C20H21BrN2O3/c1-4-13-23(20(24)25-3)19-8-6-5-7-17(19)14-26-22-15(2)16-9-11-18(21)12-10-16/h4-12H,1,13-14H2,2-3H3/b22-15+. The molecule has 136 valence electrons. The van der Waals surface area contributed by atoms with Gasteiger partial charge in [-0.15, -0.1) is 6.58 Å². The van der Waals surface area contributed by atoms with Gasteiger partial charge in [0.05, 0.1) is 18.5 Å². The van der Waals surface area contributed by atoms with Gasteiger partial charge in [-0.3, -0.25) is 4.90 Å². The Morgan fingerprint density at radius 3 is 2.58 bits per heavy atom. The number of carbonyl (C=O) groups excluding carboxylic acids is 1. The third-order valence-electron chi connectivity index (χ3n) is 3.67. The highest BCUT2D eigenvalue weighted by atomic mass is 79.9. The molecular weight excluding hydrogens is 396 g/mol. The number of hydrogen-bond donors (Lipinski definition) is 0. The average molecular weight is 417 g/mol. The van der Waals surface area contributed by atoms with E-state index in [1.807, 2.05) is 55.5 Å². The van der Waals surface area contributed by atoms with Crippen molar-refractivity contribution in [3.8, 4) is 0 Å². The van der Waals surface area contributed by atoms with E-state index in [1.165, 1.54) is 12.0 Å². The first-order chi connectivity index (χ1) is 12.6. The van der Waals surface area contributed by atoms with Gasteiger partial charge in [0.25, 0.3) is 0 Å². The summed E-state index contributed by atoms with van der Waals surface area (Å²) in [5.74, 6) is 0. The molecule has 5 nitrogen and oxygen atoms in total. The van der Waals surface area contributed by atoms with Gasteiger partial charge >= 0.3 is 6.09 Å². The molecule has 0 radical (unpaired) electrons. The summed E-state index contributed by atoms with van der Waals surface area (Å²) < 4.78 is 5.86. The monoisotopic (exact) mass is 416 g/mol. The van der Waals surface area contributed by atoms with Crippen LogP contribution in [0.2, 0.25) is 0 Å². The second kappa shape index (κ2) is 9.77. The highest BCUT2D eigenvalue weighted by Gasteiger charge is 2.17. The Hall–Kier alpha value is -2.60. The molecule has 0 N–H and O–H groups in total. The number of para-hydroxylation sites is 1. The highest BCUT2D eigenvalue weighted by Crippen LogP contribution is 2.22. The summed E-state index contributed by atoms with van der Waals surface area (Å²) in [6, 6.07) is 15.3. The SMILES string of the molecule is C=CCN(C(=O)OC)c1ccccc1CO/N=C(\C)c1ccc(Br)cc1. The maximum Gasteiger partial charge on any atom is 0.414 e. The third kappa shape index (κ3) is 5.20. The van der Waals surface area contributed by atoms with Crippen LogP contribution in [-0.4, -0.2) is 25.5 Å². The molecule has 2 rings (SSSR count). The topological polar surface area (TPSA) is 51.1 Å². The number of rotatable bonds is 7. The van der Waals surface area contributed by atoms with Gasteiger partial charge in [0.15, 0.2) is 0 Å². The predicted octanol–water partition coefficient (Wildman–Crippen LogP) is 5.15. The van der Waals surface area contributed by atoms with Crippen LogP contribution in [0, 0.1) is 0 Å². The Bertz CT molecular complexity index is 788. The number of halogens is 1. The fraction of sp³-hybridized carbons (Fsp3) is 0.200. The summed E-state index contributed by atoms with van der Waals surface area (Å²) in [4.78, 5) is 19.0. The van der Waals surface area contributed by atoms with Crippen molar-refractivity contribution >= 4 is 33.4 Å². The number of ether oxygens (including phenoxy) is 1. The molecule has 0 heterocycles. The molecule has 6 heteroatoms. The van der Waals surface area contributed by atoms with Gasteiger partial charge in [-0.2, -0.15) is 0 Å². The normalized spacial score (nSPS) is 11.0. The summed E-state index contributed by atoms with van der Waals surface area (Å²) >= 11 is 3.41. The molecule has 0 aromatic heterocycles. The van der Waals surface area contributed by atoms with E-state index in [2.05, 4.69) is 27.7 Å². The Morgan fingerprint density at radius 2 is 1.92 bits per heavy atom. The molecule has 0 unspecified atom stereocenters. The Labute approximate surface area is 162 Å². The van der Waals surface area contributed by atoms with Crippen molar-refractivity contribution in [2.24, 2.45) is 5.16 Å². The zero-order valence-corrected chi connectivity index (χ0v) is 16.4. The average Bonchev–Trinajstić information content (AvgIpc) is 2.66. The van der Waals surface area contributed by atoms with Crippen LogP contribution in [0.5, 0.6) is 0 Å². The Balaban J connectivity index is 2.14. The lowest BCUT2D eigenvalue weighted by atomic mass is 10.1. The number of benzene rings is 2. The van der Waals surface area contributed by atoms with E-state index in [9.17, 15) is 4.79 Å². The molecule has 0 aliphatic heterocycles. The molecule has 0 aliphatic rings. The zero-order chi connectivity index (χ0) is 18.9. The van der Waals surface area contributed by atoms with E-state index in [0.29, 0.717) is 12.2 Å². The first kappa shape index (κ1) is 19.7. The molecule has 2 aromatic rings. The van der Waals surface area contributed by atoms with E-state index in [0.717, 1.165) is 21.3 Å². The maximum absolute atomic E-state index is 12.0. The molecule has 26 heavy (non-hydrogen) atoms. The second-order valence-corrected chi connectivity index (χ2v) is 6.37. The quantitative estimate of drug-likeness (QED) is 0.356. The molecule has 0 aliphatic carbocycles. The van der Waals surface area contributed by atoms with Crippen LogP contribution >= 0.6 is 15.9 Å². The van der Waals surface area contributed by atoms with E-state index < -0.39 is 6.09 Å². The van der Waals surface area contributed by atoms with Crippen molar-refractivity contribution < 1.29 is 14.4 Å². The molecule has 0 atom stereocenters. The largest absolute Gasteiger partial charge is 0.452 e. The molecule has 0 saturated heterocycles. The van der Waals surface area contributed by atoms with Crippen LogP contribution in [0.4, 0.5) is 10.5 Å². The van der Waals surface area contributed by atoms with Crippen LogP contribution < -0.4 is 4.90 Å². The number of oxime groups is 1. The summed E-state index contributed by atoms with van der Waals surface area (Å²) in [5.41, 5.74) is 3.28. The van der Waals surface area contributed by atoms with Gasteiger partial charge in [0, 0.05) is 16.6 Å². The number of methoxy groups -OCH3 is 1. The van der Waals surface area contributed by atoms with Gasteiger partial charge in [0.1, 0.15) is 6.61 Å². The van der Waals surface area contributed by atoms with Crippen LogP contribution in [0.1, 0.15) is 18.1 Å². The van der Waals surface area contributed by atoms with Crippen molar-refractivity contribution in [1.82, 2.24) is 0 Å². The van der Waals surface area contributed by atoms with Crippen molar-refractivity contribution in [3.05, 3.63) is 76.8 Å². The number of amides is 1. The van der Waals surface area contributed by atoms with E-state index >= 15 is 0 Å². The lowest BCUT2D eigenvalue weighted by Gasteiger charge is -2.22. The van der Waals surface area contributed by atoms with Crippen molar-refractivity contribution in [3.63, 3.8) is 0 Å². The first-order valence-electron chi connectivity index (χ1n) is 8.03. The fourth-order valence-electron chi connectivity index (χ4n) is 2.35. The summed E-state index contributed by atoms with van der Waals surface area (Å²) in [6.45, 7) is 6.14. The van der Waals surface area contributed by atoms with Crippen molar-refractivity contribution in [2.45, 2.75) is 13.5 Å². The van der Waals surface area contributed by atoms with Gasteiger partial charge in [0.2, 0.25) is 0 Å². The lowest BCUT2D eigenvalue weighted by molar-refractivity contribution is 0.130. The molecule has 0 fully saturated rings. The molecular formula is C20H21BrN2O3. The van der Waals surface area contributed by atoms with Crippen LogP contribution in [0.25, 0.3) is 0 Å². The minimum Gasteiger partial charge on any atom is -0.452 e. The molecule has 2 aromatic carbocycles. The Morgan fingerprint density at radius 1 is 1.23 bits per heavy atom. The smallest absolute Gasteiger partial charge is 0.414 e. The second-order valence-electron chi connectivity index (χ2n) is 5.46.